The van der Waals surface area contributed by atoms with Crippen LogP contribution >= 0.6 is 0 Å². The van der Waals surface area contributed by atoms with Crippen molar-refractivity contribution in [2.24, 2.45) is 0 Å². The molecule has 1 amide bonds. The van der Waals surface area contributed by atoms with Gasteiger partial charge in [-0.1, -0.05) is 25.0 Å². The summed E-state index contributed by atoms with van der Waals surface area (Å²) in [5, 5.41) is 0. The molecule has 1 unspecified atom stereocenters. The van der Waals surface area contributed by atoms with Crippen LogP contribution in [0.2, 0.25) is 0 Å². The largest absolute Gasteiger partial charge is 0.332 e. The molecule has 0 spiro atoms. The molecule has 170 valence electrons. The topological polar surface area (TPSA) is 69.3 Å². The highest BCUT2D eigenvalue weighted by Gasteiger charge is 2.32. The number of piperidine rings is 1. The third kappa shape index (κ3) is 4.35. The van der Waals surface area contributed by atoms with Gasteiger partial charge in [0.05, 0.1) is 18.2 Å². The molecule has 2 fully saturated rings. The number of carbonyl (C=O) groups is 1. The van der Waals surface area contributed by atoms with Crippen molar-refractivity contribution in [3.8, 4) is 0 Å². The van der Waals surface area contributed by atoms with E-state index in [-0.39, 0.29) is 29.7 Å². The van der Waals surface area contributed by atoms with Gasteiger partial charge in [0.1, 0.15) is 11.6 Å². The Morgan fingerprint density at radius 3 is 2.59 bits per heavy atom. The Kier molecular flexibility index (Phi) is 6.09. The molecule has 1 aliphatic carbocycles. The summed E-state index contributed by atoms with van der Waals surface area (Å²) in [6.07, 6.45) is 8.75. The van der Waals surface area contributed by atoms with Crippen molar-refractivity contribution in [1.82, 2.24) is 19.8 Å². The molecule has 1 aromatic heterocycles. The number of nitrogens with zero attached hydrogens (tertiary/aromatic N) is 3. The average molecular weight is 439 g/mol. The van der Waals surface area contributed by atoms with Crippen LogP contribution in [0.15, 0.2) is 29.1 Å². The van der Waals surface area contributed by atoms with E-state index in [1.165, 1.54) is 37.8 Å². The van der Waals surface area contributed by atoms with Crippen LogP contribution in [0.25, 0.3) is 0 Å². The number of rotatable bonds is 4. The zero-order valence-corrected chi connectivity index (χ0v) is 18.5. The van der Waals surface area contributed by atoms with Crippen molar-refractivity contribution in [3.63, 3.8) is 0 Å². The average Bonchev–Trinajstić information content (AvgIpc) is 3.35. The lowest BCUT2D eigenvalue weighted by atomic mass is 9.98. The Hall–Kier alpha value is -2.54. The molecule has 2 aromatic rings. The second kappa shape index (κ2) is 9.14. The molecular formula is C25H31FN4O2. The number of carbonyl (C=O) groups excluding carboxylic acids is 1. The first-order valence-electron chi connectivity index (χ1n) is 12.0. The number of hydrogen-bond donors (Lipinski definition) is 1. The predicted octanol–water partition coefficient (Wildman–Crippen LogP) is 3.51. The van der Waals surface area contributed by atoms with Gasteiger partial charge in [0.15, 0.2) is 0 Å². The number of likely N-dealkylation sites (tertiary alicyclic amines) is 1. The maximum absolute atomic E-state index is 13.2. The zero-order chi connectivity index (χ0) is 22.1. The van der Waals surface area contributed by atoms with Crippen LogP contribution in [0.1, 0.15) is 73.6 Å². The SMILES string of the molecule is O=C(Cc1ccc(F)cc1)N1CCCCC1c1nc2c(c(=O)[nH]1)CCN(C1CCCC1)C2. The van der Waals surface area contributed by atoms with Crippen LogP contribution in [-0.2, 0) is 24.2 Å². The van der Waals surface area contributed by atoms with Gasteiger partial charge in [0.2, 0.25) is 5.91 Å². The van der Waals surface area contributed by atoms with E-state index in [0.29, 0.717) is 18.4 Å². The van der Waals surface area contributed by atoms with Gasteiger partial charge < -0.3 is 9.88 Å². The Labute approximate surface area is 187 Å². The fourth-order valence-corrected chi connectivity index (χ4v) is 5.61. The summed E-state index contributed by atoms with van der Waals surface area (Å²) in [7, 11) is 0. The predicted molar refractivity (Wildman–Crippen MR) is 120 cm³/mol. The Bertz CT molecular complexity index is 1030. The smallest absolute Gasteiger partial charge is 0.254 e. The molecule has 32 heavy (non-hydrogen) atoms. The first kappa shape index (κ1) is 21.3. The summed E-state index contributed by atoms with van der Waals surface area (Å²) in [6.45, 7) is 2.31. The fourth-order valence-electron chi connectivity index (χ4n) is 5.61. The quantitative estimate of drug-likeness (QED) is 0.793. The van der Waals surface area contributed by atoms with E-state index < -0.39 is 0 Å². The van der Waals surface area contributed by atoms with Crippen LogP contribution in [0.3, 0.4) is 0 Å². The first-order valence-corrected chi connectivity index (χ1v) is 12.0. The lowest BCUT2D eigenvalue weighted by Gasteiger charge is -2.36. The highest BCUT2D eigenvalue weighted by Crippen LogP contribution is 2.31. The molecule has 1 N–H and O–H groups in total. The molecule has 3 aliphatic rings. The van der Waals surface area contributed by atoms with E-state index in [1.807, 2.05) is 4.90 Å². The van der Waals surface area contributed by atoms with Gasteiger partial charge >= 0.3 is 0 Å². The number of halogens is 1. The van der Waals surface area contributed by atoms with Crippen molar-refractivity contribution in [3.05, 3.63) is 63.1 Å². The van der Waals surface area contributed by atoms with Crippen LogP contribution in [0.4, 0.5) is 4.39 Å². The summed E-state index contributed by atoms with van der Waals surface area (Å²) < 4.78 is 13.2. The first-order chi connectivity index (χ1) is 15.6. The number of fused-ring (bicyclic) bond motifs is 1. The molecule has 1 aromatic carbocycles. The number of H-pyrrole nitrogens is 1. The minimum atomic E-state index is -0.306. The summed E-state index contributed by atoms with van der Waals surface area (Å²) >= 11 is 0. The summed E-state index contributed by atoms with van der Waals surface area (Å²) in [5.74, 6) is 0.308. The Balaban J connectivity index is 1.38. The van der Waals surface area contributed by atoms with Gasteiger partial charge in [0.25, 0.3) is 5.56 Å². The lowest BCUT2D eigenvalue weighted by Crippen LogP contribution is -2.43. The van der Waals surface area contributed by atoms with Crippen molar-refractivity contribution in [1.29, 1.82) is 0 Å². The molecule has 0 radical (unpaired) electrons. The van der Waals surface area contributed by atoms with Gasteiger partial charge in [-0.25, -0.2) is 9.37 Å². The number of aromatic nitrogens is 2. The van der Waals surface area contributed by atoms with Crippen LogP contribution in [0, 0.1) is 5.82 Å². The maximum Gasteiger partial charge on any atom is 0.254 e. The standard InChI is InChI=1S/C25H31FN4O2/c26-18-10-8-17(9-11-18)15-23(31)30-13-4-3-7-22(30)24-27-21-16-29(19-5-1-2-6-19)14-12-20(21)25(32)28-24/h8-11,19,22H,1-7,12-16H2,(H,27,28,32). The van der Waals surface area contributed by atoms with E-state index >= 15 is 0 Å². The molecule has 6 nitrogen and oxygen atoms in total. The summed E-state index contributed by atoms with van der Waals surface area (Å²) in [5.41, 5.74) is 2.44. The number of benzene rings is 1. The van der Waals surface area contributed by atoms with Gasteiger partial charge in [-0.15, -0.1) is 0 Å². The molecular weight excluding hydrogens is 407 g/mol. The second-order valence-corrected chi connectivity index (χ2v) is 9.44. The van der Waals surface area contributed by atoms with Crippen LogP contribution in [-0.4, -0.2) is 44.8 Å². The minimum Gasteiger partial charge on any atom is -0.332 e. The molecule has 5 rings (SSSR count). The van der Waals surface area contributed by atoms with Crippen LogP contribution in [0.5, 0.6) is 0 Å². The molecule has 1 saturated heterocycles. The second-order valence-electron chi connectivity index (χ2n) is 9.44. The van der Waals surface area contributed by atoms with E-state index in [4.69, 9.17) is 4.98 Å². The van der Waals surface area contributed by atoms with Crippen molar-refractivity contribution < 1.29 is 9.18 Å². The molecule has 2 aliphatic heterocycles. The maximum atomic E-state index is 13.2. The summed E-state index contributed by atoms with van der Waals surface area (Å²) in [4.78, 5) is 38.3. The monoisotopic (exact) mass is 438 g/mol. The van der Waals surface area contributed by atoms with Gasteiger partial charge in [-0.2, -0.15) is 0 Å². The Morgan fingerprint density at radius 1 is 1.06 bits per heavy atom. The molecule has 1 atom stereocenters. The normalized spacial score (nSPS) is 22.2. The molecule has 3 heterocycles. The number of aromatic amines is 1. The molecule has 0 bridgehead atoms. The number of hydrogen-bond acceptors (Lipinski definition) is 4. The lowest BCUT2D eigenvalue weighted by molar-refractivity contribution is -0.134. The van der Waals surface area contributed by atoms with Gasteiger partial charge in [-0.3, -0.25) is 14.5 Å². The minimum absolute atomic E-state index is 0.00531. The van der Waals surface area contributed by atoms with Crippen LogP contribution < -0.4 is 5.56 Å². The highest BCUT2D eigenvalue weighted by molar-refractivity contribution is 5.79. The van der Waals surface area contributed by atoms with Crippen molar-refractivity contribution in [2.45, 2.75) is 76.4 Å². The van der Waals surface area contributed by atoms with Crippen molar-refractivity contribution in [2.75, 3.05) is 13.1 Å². The Morgan fingerprint density at radius 2 is 1.81 bits per heavy atom. The zero-order valence-electron chi connectivity index (χ0n) is 18.5. The van der Waals surface area contributed by atoms with E-state index in [0.717, 1.165) is 55.6 Å². The van der Waals surface area contributed by atoms with E-state index in [2.05, 4.69) is 9.88 Å². The molecule has 1 saturated carbocycles. The van der Waals surface area contributed by atoms with Gasteiger partial charge in [-0.05, 0) is 56.2 Å². The third-order valence-electron chi connectivity index (χ3n) is 7.37. The highest BCUT2D eigenvalue weighted by atomic mass is 19.1. The number of amides is 1. The number of nitrogens with one attached hydrogen (secondary N) is 1. The van der Waals surface area contributed by atoms with E-state index in [9.17, 15) is 14.0 Å². The summed E-state index contributed by atoms with van der Waals surface area (Å²) in [6, 6.07) is 6.47. The fraction of sp³-hybridized carbons (Fsp3) is 0.560. The van der Waals surface area contributed by atoms with Crippen molar-refractivity contribution >= 4 is 5.91 Å². The third-order valence-corrected chi connectivity index (χ3v) is 7.37. The molecule has 7 heteroatoms. The van der Waals surface area contributed by atoms with E-state index in [1.54, 1.807) is 12.1 Å². The van der Waals surface area contributed by atoms with Gasteiger partial charge in [0, 0.05) is 31.2 Å².